The van der Waals surface area contributed by atoms with Crippen molar-refractivity contribution in [1.82, 2.24) is 0 Å². The predicted octanol–water partition coefficient (Wildman–Crippen LogP) is 8.47. The molecule has 0 atom stereocenters. The normalized spacial score (nSPS) is 14.4. The summed E-state index contributed by atoms with van der Waals surface area (Å²) in [5.74, 6) is 0. The molecule has 0 aliphatic carbocycles. The second kappa shape index (κ2) is 10.2. The summed E-state index contributed by atoms with van der Waals surface area (Å²) in [5, 5.41) is 0. The van der Waals surface area contributed by atoms with Crippen LogP contribution in [-0.2, 0) is 0 Å². The molecular formula is C43H31GeN. The van der Waals surface area contributed by atoms with Crippen LogP contribution in [0.5, 0.6) is 0 Å². The summed E-state index contributed by atoms with van der Waals surface area (Å²) in [6.45, 7) is 1.71. The topological polar surface area (TPSA) is 3.24 Å². The van der Waals surface area contributed by atoms with Crippen molar-refractivity contribution >= 4 is 47.9 Å². The van der Waals surface area contributed by atoms with Crippen molar-refractivity contribution in [3.05, 3.63) is 175 Å². The Balaban J connectivity index is 1.33. The molecule has 1 nitrogen and oxygen atoms in total. The van der Waals surface area contributed by atoms with Crippen molar-refractivity contribution in [3.8, 4) is 33.4 Å². The second-order valence-electron chi connectivity index (χ2n) is 11.8. The number of rotatable bonds is 4. The van der Waals surface area contributed by atoms with E-state index in [1.54, 1.807) is 6.92 Å². The van der Waals surface area contributed by atoms with Gasteiger partial charge < -0.3 is 0 Å². The van der Waals surface area contributed by atoms with E-state index in [1.165, 1.54) is 39.8 Å². The fraction of sp³-hybridized carbons (Fsp3) is 0.0233. The minimum absolute atomic E-state index is 0.0735. The molecule has 2 aliphatic heterocycles. The van der Waals surface area contributed by atoms with Crippen LogP contribution in [-0.4, -0.2) is 13.3 Å². The number of hydrogen-bond acceptors (Lipinski definition) is 1. The van der Waals surface area contributed by atoms with Gasteiger partial charge in [0, 0.05) is 0 Å². The molecule has 2 heteroatoms. The summed E-state index contributed by atoms with van der Waals surface area (Å²) in [7, 11) is 0. The van der Waals surface area contributed by atoms with Gasteiger partial charge in [0.1, 0.15) is 0 Å². The van der Waals surface area contributed by atoms with E-state index in [0.717, 1.165) is 22.5 Å². The SMILES string of the molecule is [2H]c1c([2H])c(C)c([2H])c(N(c2ccc(-c3ccccc3)cc2)c2ccc3[c](c2)[Ge]2([c]4ccccc4-c4cccc[c]42)[c]2ccccc2-3)c1[2H]. The average molecular weight is 638 g/mol. The summed E-state index contributed by atoms with van der Waals surface area (Å²) in [6.07, 6.45) is 0. The first kappa shape index (κ1) is 22.4. The van der Waals surface area contributed by atoms with Gasteiger partial charge in [-0.15, -0.1) is 0 Å². The third kappa shape index (κ3) is 3.87. The Hall–Kier alpha value is -5.12. The van der Waals surface area contributed by atoms with Gasteiger partial charge in [-0.3, -0.25) is 0 Å². The molecule has 9 rings (SSSR count). The van der Waals surface area contributed by atoms with Crippen molar-refractivity contribution in [3.63, 3.8) is 0 Å². The zero-order valence-electron chi connectivity index (χ0n) is 28.8. The van der Waals surface area contributed by atoms with Gasteiger partial charge in [0.15, 0.2) is 0 Å². The number of benzene rings is 7. The monoisotopic (exact) mass is 639 g/mol. The van der Waals surface area contributed by atoms with Gasteiger partial charge in [-0.2, -0.15) is 0 Å². The van der Waals surface area contributed by atoms with Crippen LogP contribution in [0.25, 0.3) is 33.4 Å². The fourth-order valence-electron chi connectivity index (χ4n) is 7.60. The Morgan fingerprint density at radius 1 is 0.467 bits per heavy atom. The van der Waals surface area contributed by atoms with Crippen molar-refractivity contribution in [2.24, 2.45) is 0 Å². The van der Waals surface area contributed by atoms with E-state index in [0.29, 0.717) is 11.3 Å². The first-order valence-corrected chi connectivity index (χ1v) is 19.6. The molecule has 1 spiro atoms. The zero-order valence-corrected chi connectivity index (χ0v) is 26.9. The van der Waals surface area contributed by atoms with E-state index in [2.05, 4.69) is 115 Å². The number of nitrogens with zero attached hydrogens (tertiary/aromatic N) is 1. The van der Waals surface area contributed by atoms with Gasteiger partial charge >= 0.3 is 274 Å². The van der Waals surface area contributed by atoms with E-state index < -0.39 is 13.3 Å². The molecule has 0 amide bonds. The quantitative estimate of drug-likeness (QED) is 0.175. The molecule has 212 valence electrons. The van der Waals surface area contributed by atoms with Gasteiger partial charge in [-0.1, -0.05) is 0 Å². The molecule has 7 aromatic rings. The van der Waals surface area contributed by atoms with E-state index in [1.807, 2.05) is 35.2 Å². The standard InChI is InChI=1S/C43H31GeN/c1-30-12-11-15-34(28-30)45(33-24-22-32(23-25-33)31-13-3-2-4-14-31)35-26-27-39-38-18-7-10-21-42(38)44(43(39)29-35)40-19-8-5-16-36(40)37-17-6-9-20-41(37)44/h2-29H,1H3/i11D,12D,15D,28D. The number of hydrogen-bond donors (Lipinski definition) is 0. The van der Waals surface area contributed by atoms with Crippen molar-refractivity contribution < 1.29 is 5.48 Å². The molecule has 0 bridgehead atoms. The third-order valence-corrected chi connectivity index (χ3v) is 19.8. The van der Waals surface area contributed by atoms with Gasteiger partial charge in [0.2, 0.25) is 0 Å². The first-order chi connectivity index (χ1) is 23.9. The summed E-state index contributed by atoms with van der Waals surface area (Å²) >= 11 is -3.49. The molecule has 45 heavy (non-hydrogen) atoms. The van der Waals surface area contributed by atoms with E-state index in [9.17, 15) is 1.37 Å². The molecule has 0 aromatic heterocycles. The van der Waals surface area contributed by atoms with Crippen LogP contribution in [0.4, 0.5) is 17.1 Å². The zero-order chi connectivity index (χ0) is 33.4. The van der Waals surface area contributed by atoms with Crippen LogP contribution in [0.15, 0.2) is 170 Å². The van der Waals surface area contributed by atoms with Crippen LogP contribution in [0, 0.1) is 6.92 Å². The molecule has 2 aliphatic rings. The summed E-state index contributed by atoms with van der Waals surface area (Å²) < 4.78 is 41.2. The summed E-state index contributed by atoms with van der Waals surface area (Å²) in [6, 6.07) is 51.5. The molecule has 0 saturated carbocycles. The molecule has 0 radical (unpaired) electrons. The Bertz CT molecular complexity index is 2360. The van der Waals surface area contributed by atoms with Crippen molar-refractivity contribution in [1.29, 1.82) is 0 Å². The minimum atomic E-state index is -3.49. The Labute approximate surface area is 273 Å². The van der Waals surface area contributed by atoms with Crippen LogP contribution < -0.4 is 22.5 Å². The number of fused-ring (bicyclic) bond motifs is 10. The van der Waals surface area contributed by atoms with Crippen molar-refractivity contribution in [2.45, 2.75) is 6.92 Å². The average Bonchev–Trinajstić information content (AvgIpc) is 3.62. The van der Waals surface area contributed by atoms with Crippen LogP contribution in [0.2, 0.25) is 0 Å². The fourth-order valence-corrected chi connectivity index (χ4v) is 19.4. The molecule has 0 unspecified atom stereocenters. The molecular weight excluding hydrogens is 603 g/mol. The van der Waals surface area contributed by atoms with E-state index in [4.69, 9.17) is 4.11 Å². The first-order valence-electron chi connectivity index (χ1n) is 17.4. The van der Waals surface area contributed by atoms with Gasteiger partial charge in [0.05, 0.1) is 0 Å². The van der Waals surface area contributed by atoms with Crippen LogP contribution >= 0.6 is 0 Å². The van der Waals surface area contributed by atoms with Crippen LogP contribution in [0.3, 0.4) is 0 Å². The predicted molar refractivity (Wildman–Crippen MR) is 193 cm³/mol. The van der Waals surface area contributed by atoms with Gasteiger partial charge in [0.25, 0.3) is 0 Å². The van der Waals surface area contributed by atoms with E-state index >= 15 is 0 Å². The van der Waals surface area contributed by atoms with Gasteiger partial charge in [-0.25, -0.2) is 0 Å². The Kier molecular flexibility index (Phi) is 5.09. The Morgan fingerprint density at radius 3 is 1.60 bits per heavy atom. The number of anilines is 3. The maximum absolute atomic E-state index is 9.24. The van der Waals surface area contributed by atoms with Crippen molar-refractivity contribution in [2.75, 3.05) is 4.90 Å². The molecule has 2 heterocycles. The molecule has 0 fully saturated rings. The van der Waals surface area contributed by atoms with Gasteiger partial charge in [-0.05, 0) is 0 Å². The molecule has 0 saturated heterocycles. The van der Waals surface area contributed by atoms with Crippen LogP contribution in [0.1, 0.15) is 11.0 Å². The maximum atomic E-state index is 9.24. The van der Waals surface area contributed by atoms with E-state index in [-0.39, 0.29) is 24.2 Å². The molecule has 0 N–H and O–H groups in total. The molecule has 7 aromatic carbocycles. The summed E-state index contributed by atoms with van der Waals surface area (Å²) in [5.41, 5.74) is 9.64. The second-order valence-corrected chi connectivity index (χ2v) is 19.5. The summed E-state index contributed by atoms with van der Waals surface area (Å²) in [4.78, 5) is 1.97. The third-order valence-electron chi connectivity index (χ3n) is 9.43. The Morgan fingerprint density at radius 2 is 0.978 bits per heavy atom.